The van der Waals surface area contributed by atoms with E-state index < -0.39 is 0 Å². The first kappa shape index (κ1) is 15.0. The summed E-state index contributed by atoms with van der Waals surface area (Å²) in [7, 11) is 0. The van der Waals surface area contributed by atoms with Gasteiger partial charge in [-0.15, -0.1) is 0 Å². The van der Waals surface area contributed by atoms with Gasteiger partial charge in [0.1, 0.15) is 5.69 Å². The normalized spacial score (nSPS) is 10.1. The third-order valence-electron chi connectivity index (χ3n) is 3.25. The van der Waals surface area contributed by atoms with Crippen molar-refractivity contribution in [1.29, 1.82) is 0 Å². The van der Waals surface area contributed by atoms with Gasteiger partial charge in [0.25, 0.3) is 0 Å². The van der Waals surface area contributed by atoms with E-state index in [-0.39, 0.29) is 5.78 Å². The minimum atomic E-state index is 0.0412. The zero-order chi connectivity index (χ0) is 15.4. The van der Waals surface area contributed by atoms with E-state index in [0.29, 0.717) is 5.56 Å². The van der Waals surface area contributed by atoms with E-state index in [9.17, 15) is 4.79 Å². The minimum Gasteiger partial charge on any atom is -0.294 e. The molecule has 0 aliphatic carbocycles. The SMILES string of the molecule is CC.CC(=O)c1c(-c2ccccc2)nn2c(C)cccc12. The molecule has 0 radical (unpaired) electrons. The number of fused-ring (bicyclic) bond motifs is 1. The van der Waals surface area contributed by atoms with E-state index in [0.717, 1.165) is 22.5 Å². The second-order valence-electron chi connectivity index (χ2n) is 4.61. The highest BCUT2D eigenvalue weighted by atomic mass is 16.1. The van der Waals surface area contributed by atoms with Gasteiger partial charge >= 0.3 is 0 Å². The van der Waals surface area contributed by atoms with E-state index in [1.54, 1.807) is 6.92 Å². The van der Waals surface area contributed by atoms with Gasteiger partial charge in [0.15, 0.2) is 5.78 Å². The Morgan fingerprint density at radius 1 is 1.00 bits per heavy atom. The topological polar surface area (TPSA) is 34.4 Å². The highest BCUT2D eigenvalue weighted by molar-refractivity contribution is 6.06. The predicted octanol–water partition coefficient (Wildman–Crippen LogP) is 4.54. The summed E-state index contributed by atoms with van der Waals surface area (Å²) in [5.41, 5.74) is 4.29. The molecule has 0 aliphatic heterocycles. The first-order valence-electron chi connectivity index (χ1n) is 7.23. The molecular formula is C18H20N2O. The maximum absolute atomic E-state index is 12.0. The number of pyridine rings is 1. The zero-order valence-electron chi connectivity index (χ0n) is 12.9. The maximum Gasteiger partial charge on any atom is 0.164 e. The third kappa shape index (κ3) is 2.72. The van der Waals surface area contributed by atoms with Gasteiger partial charge in [-0.05, 0) is 26.0 Å². The average Bonchev–Trinajstić information content (AvgIpc) is 2.91. The summed E-state index contributed by atoms with van der Waals surface area (Å²) in [6.07, 6.45) is 0. The molecule has 3 nitrogen and oxygen atoms in total. The Kier molecular flexibility index (Phi) is 4.53. The Bertz CT molecular complexity index is 757. The molecule has 2 aromatic heterocycles. The van der Waals surface area contributed by atoms with Crippen molar-refractivity contribution in [3.05, 3.63) is 59.8 Å². The van der Waals surface area contributed by atoms with E-state index in [1.165, 1.54) is 0 Å². The van der Waals surface area contributed by atoms with Crippen molar-refractivity contribution < 1.29 is 4.79 Å². The third-order valence-corrected chi connectivity index (χ3v) is 3.25. The quantitative estimate of drug-likeness (QED) is 0.646. The molecule has 0 fully saturated rings. The Labute approximate surface area is 125 Å². The van der Waals surface area contributed by atoms with Crippen LogP contribution in [0.15, 0.2) is 48.5 Å². The molecule has 0 N–H and O–H groups in total. The van der Waals surface area contributed by atoms with Gasteiger partial charge in [-0.2, -0.15) is 5.10 Å². The number of hydrogen-bond donors (Lipinski definition) is 0. The van der Waals surface area contributed by atoms with Crippen LogP contribution in [0.3, 0.4) is 0 Å². The Morgan fingerprint density at radius 3 is 2.29 bits per heavy atom. The number of carbonyl (C=O) groups excluding carboxylic acids is 1. The number of carbonyl (C=O) groups is 1. The molecule has 21 heavy (non-hydrogen) atoms. The number of aromatic nitrogens is 2. The number of rotatable bonds is 2. The fourth-order valence-corrected chi connectivity index (χ4v) is 2.35. The summed E-state index contributed by atoms with van der Waals surface area (Å²) in [6.45, 7) is 7.57. The second kappa shape index (κ2) is 6.35. The molecule has 0 unspecified atom stereocenters. The summed E-state index contributed by atoms with van der Waals surface area (Å²) in [5, 5.41) is 4.60. The number of Topliss-reactive ketones (excluding diaryl/α,β-unsaturated/α-hetero) is 1. The van der Waals surface area contributed by atoms with Crippen molar-refractivity contribution >= 4 is 11.3 Å². The molecule has 3 heteroatoms. The van der Waals surface area contributed by atoms with Crippen molar-refractivity contribution in [1.82, 2.24) is 9.61 Å². The lowest BCUT2D eigenvalue weighted by Crippen LogP contribution is -1.94. The average molecular weight is 280 g/mol. The van der Waals surface area contributed by atoms with Gasteiger partial charge in [-0.3, -0.25) is 4.79 Å². The summed E-state index contributed by atoms with van der Waals surface area (Å²) in [5.74, 6) is 0.0412. The predicted molar refractivity (Wildman–Crippen MR) is 86.7 cm³/mol. The number of ketones is 1. The lowest BCUT2D eigenvalue weighted by Gasteiger charge is -1.99. The van der Waals surface area contributed by atoms with Crippen LogP contribution in [0.5, 0.6) is 0 Å². The first-order chi connectivity index (χ1) is 10.2. The summed E-state index contributed by atoms with van der Waals surface area (Å²) in [6, 6.07) is 15.7. The summed E-state index contributed by atoms with van der Waals surface area (Å²) < 4.78 is 1.83. The van der Waals surface area contributed by atoms with Crippen molar-refractivity contribution in [3.8, 4) is 11.3 Å². The molecule has 3 rings (SSSR count). The summed E-state index contributed by atoms with van der Waals surface area (Å²) >= 11 is 0. The smallest absolute Gasteiger partial charge is 0.164 e. The fraction of sp³-hybridized carbons (Fsp3) is 0.222. The number of aryl methyl sites for hydroxylation is 1. The van der Waals surface area contributed by atoms with Crippen LogP contribution in [0.1, 0.15) is 36.8 Å². The molecule has 0 saturated carbocycles. The van der Waals surface area contributed by atoms with Gasteiger partial charge in [0.2, 0.25) is 0 Å². The van der Waals surface area contributed by atoms with Gasteiger partial charge in [0.05, 0.1) is 11.1 Å². The summed E-state index contributed by atoms with van der Waals surface area (Å²) in [4.78, 5) is 12.0. The van der Waals surface area contributed by atoms with Crippen LogP contribution in [0.2, 0.25) is 0 Å². The lowest BCUT2D eigenvalue weighted by atomic mass is 10.0. The molecule has 0 atom stereocenters. The van der Waals surface area contributed by atoms with Crippen molar-refractivity contribution in [3.63, 3.8) is 0 Å². The molecule has 0 bridgehead atoms. The Morgan fingerprint density at radius 2 is 1.67 bits per heavy atom. The first-order valence-corrected chi connectivity index (χ1v) is 7.23. The zero-order valence-corrected chi connectivity index (χ0v) is 12.9. The Hall–Kier alpha value is -2.42. The van der Waals surface area contributed by atoms with Crippen LogP contribution in [-0.2, 0) is 0 Å². The van der Waals surface area contributed by atoms with Crippen LogP contribution in [0, 0.1) is 6.92 Å². The monoisotopic (exact) mass is 280 g/mol. The van der Waals surface area contributed by atoms with E-state index >= 15 is 0 Å². The minimum absolute atomic E-state index is 0.0412. The number of hydrogen-bond acceptors (Lipinski definition) is 2. The fourth-order valence-electron chi connectivity index (χ4n) is 2.35. The van der Waals surface area contributed by atoms with Crippen molar-refractivity contribution in [2.45, 2.75) is 27.7 Å². The molecule has 0 saturated heterocycles. The van der Waals surface area contributed by atoms with Crippen LogP contribution < -0.4 is 0 Å². The standard InChI is InChI=1S/C16H14N2O.C2H6/c1-11-7-6-10-14-15(12(2)19)16(17-18(11)14)13-8-4-3-5-9-13;1-2/h3-10H,1-2H3;1-2H3. The largest absolute Gasteiger partial charge is 0.294 e. The van der Waals surface area contributed by atoms with E-state index in [1.807, 2.05) is 73.8 Å². The van der Waals surface area contributed by atoms with Crippen LogP contribution in [-0.4, -0.2) is 15.4 Å². The second-order valence-corrected chi connectivity index (χ2v) is 4.61. The molecule has 3 aromatic rings. The highest BCUT2D eigenvalue weighted by Crippen LogP contribution is 2.27. The van der Waals surface area contributed by atoms with Crippen LogP contribution in [0.4, 0.5) is 0 Å². The lowest BCUT2D eigenvalue weighted by molar-refractivity contribution is 0.102. The van der Waals surface area contributed by atoms with Crippen molar-refractivity contribution in [2.24, 2.45) is 0 Å². The molecular weight excluding hydrogens is 260 g/mol. The molecule has 0 amide bonds. The van der Waals surface area contributed by atoms with Gasteiger partial charge < -0.3 is 0 Å². The molecule has 108 valence electrons. The van der Waals surface area contributed by atoms with Gasteiger partial charge in [0, 0.05) is 11.3 Å². The highest BCUT2D eigenvalue weighted by Gasteiger charge is 2.18. The molecule has 0 aliphatic rings. The van der Waals surface area contributed by atoms with Crippen LogP contribution >= 0.6 is 0 Å². The number of nitrogens with zero attached hydrogens (tertiary/aromatic N) is 2. The van der Waals surface area contributed by atoms with Crippen molar-refractivity contribution in [2.75, 3.05) is 0 Å². The van der Waals surface area contributed by atoms with Gasteiger partial charge in [-0.25, -0.2) is 4.52 Å². The van der Waals surface area contributed by atoms with E-state index in [2.05, 4.69) is 5.10 Å². The molecule has 1 aromatic carbocycles. The molecule has 2 heterocycles. The molecule has 0 spiro atoms. The number of benzene rings is 1. The Balaban J connectivity index is 0.000000774. The van der Waals surface area contributed by atoms with Gasteiger partial charge in [-0.1, -0.05) is 50.2 Å². The van der Waals surface area contributed by atoms with E-state index in [4.69, 9.17) is 0 Å². The maximum atomic E-state index is 12.0. The van der Waals surface area contributed by atoms with Crippen LogP contribution in [0.25, 0.3) is 16.8 Å².